The molecule has 0 bridgehead atoms. The third-order valence-corrected chi connectivity index (χ3v) is 4.29. The summed E-state index contributed by atoms with van der Waals surface area (Å²) < 4.78 is 5.00. The lowest BCUT2D eigenvalue weighted by Gasteiger charge is -2.35. The number of carbonyl (C=O) groups is 2. The highest BCUT2D eigenvalue weighted by atomic mass is 16.6. The van der Waals surface area contributed by atoms with Crippen LogP contribution in [0.25, 0.3) is 0 Å². The standard InChI is InChI=1S/C15H27N3O3/c1-3-21-15(20)17-9-6-13(7-10-17)16-14(19)18-8-4-5-12(2)11-18/h12-13H,3-11H2,1-2H3,(H,16,19). The van der Waals surface area contributed by atoms with E-state index in [2.05, 4.69) is 12.2 Å². The summed E-state index contributed by atoms with van der Waals surface area (Å²) >= 11 is 0. The molecule has 1 atom stereocenters. The number of piperidine rings is 2. The van der Waals surface area contributed by atoms with E-state index in [1.165, 1.54) is 6.42 Å². The van der Waals surface area contributed by atoms with Gasteiger partial charge in [-0.05, 0) is 38.5 Å². The molecule has 0 aromatic carbocycles. The van der Waals surface area contributed by atoms with Crippen molar-refractivity contribution in [2.75, 3.05) is 32.8 Å². The molecule has 0 radical (unpaired) electrons. The van der Waals surface area contributed by atoms with Gasteiger partial charge in [0.15, 0.2) is 0 Å². The van der Waals surface area contributed by atoms with Crippen LogP contribution in [-0.2, 0) is 4.74 Å². The van der Waals surface area contributed by atoms with E-state index in [4.69, 9.17) is 4.74 Å². The molecule has 21 heavy (non-hydrogen) atoms. The first-order valence-electron chi connectivity index (χ1n) is 8.07. The van der Waals surface area contributed by atoms with E-state index in [0.29, 0.717) is 25.6 Å². The zero-order valence-electron chi connectivity index (χ0n) is 13.1. The van der Waals surface area contributed by atoms with Gasteiger partial charge in [0.25, 0.3) is 0 Å². The van der Waals surface area contributed by atoms with Crippen molar-refractivity contribution in [1.29, 1.82) is 0 Å². The molecule has 2 heterocycles. The minimum atomic E-state index is -0.243. The smallest absolute Gasteiger partial charge is 0.409 e. The average Bonchev–Trinajstić information content (AvgIpc) is 2.48. The molecule has 0 spiro atoms. The average molecular weight is 297 g/mol. The summed E-state index contributed by atoms with van der Waals surface area (Å²) in [5, 5.41) is 3.11. The van der Waals surface area contributed by atoms with Crippen LogP contribution < -0.4 is 5.32 Å². The fourth-order valence-electron chi connectivity index (χ4n) is 3.06. The Hall–Kier alpha value is -1.46. The van der Waals surface area contributed by atoms with Gasteiger partial charge in [0, 0.05) is 32.2 Å². The Labute approximate surface area is 126 Å². The Kier molecular flexibility index (Phi) is 5.70. The zero-order chi connectivity index (χ0) is 15.2. The van der Waals surface area contributed by atoms with Crippen LogP contribution in [0.3, 0.4) is 0 Å². The lowest BCUT2D eigenvalue weighted by molar-refractivity contribution is 0.0946. The molecule has 120 valence electrons. The number of carbonyl (C=O) groups excluding carboxylic acids is 2. The maximum Gasteiger partial charge on any atom is 0.409 e. The van der Waals surface area contributed by atoms with Crippen molar-refractivity contribution in [3.63, 3.8) is 0 Å². The van der Waals surface area contributed by atoms with Crippen LogP contribution in [0.4, 0.5) is 9.59 Å². The third-order valence-electron chi connectivity index (χ3n) is 4.29. The van der Waals surface area contributed by atoms with E-state index in [1.54, 1.807) is 4.90 Å². The topological polar surface area (TPSA) is 61.9 Å². The second-order valence-corrected chi connectivity index (χ2v) is 6.10. The van der Waals surface area contributed by atoms with E-state index in [1.807, 2.05) is 11.8 Å². The highest BCUT2D eigenvalue weighted by Crippen LogP contribution is 2.17. The van der Waals surface area contributed by atoms with Crippen molar-refractivity contribution in [1.82, 2.24) is 15.1 Å². The van der Waals surface area contributed by atoms with Gasteiger partial charge in [-0.3, -0.25) is 0 Å². The molecule has 6 heteroatoms. The largest absolute Gasteiger partial charge is 0.450 e. The Morgan fingerprint density at radius 1 is 1.14 bits per heavy atom. The Morgan fingerprint density at radius 3 is 2.48 bits per heavy atom. The van der Waals surface area contributed by atoms with Crippen molar-refractivity contribution in [2.24, 2.45) is 5.92 Å². The van der Waals surface area contributed by atoms with Gasteiger partial charge in [0.05, 0.1) is 6.61 Å². The molecule has 0 aliphatic carbocycles. The molecule has 2 fully saturated rings. The molecule has 6 nitrogen and oxygen atoms in total. The summed E-state index contributed by atoms with van der Waals surface area (Å²) in [5.41, 5.74) is 0. The summed E-state index contributed by atoms with van der Waals surface area (Å²) in [5.74, 6) is 0.593. The van der Waals surface area contributed by atoms with E-state index in [9.17, 15) is 9.59 Å². The first kappa shape index (κ1) is 15.9. The van der Waals surface area contributed by atoms with Crippen molar-refractivity contribution < 1.29 is 14.3 Å². The normalized spacial score (nSPS) is 23.8. The van der Waals surface area contributed by atoms with Crippen molar-refractivity contribution in [3.05, 3.63) is 0 Å². The lowest BCUT2D eigenvalue weighted by Crippen LogP contribution is -2.52. The van der Waals surface area contributed by atoms with Crippen molar-refractivity contribution in [3.8, 4) is 0 Å². The summed E-state index contributed by atoms with van der Waals surface area (Å²) in [7, 11) is 0. The molecule has 0 saturated carbocycles. The monoisotopic (exact) mass is 297 g/mol. The first-order valence-corrected chi connectivity index (χ1v) is 8.07. The molecular weight excluding hydrogens is 270 g/mol. The fraction of sp³-hybridized carbons (Fsp3) is 0.867. The molecule has 0 aromatic rings. The summed E-state index contributed by atoms with van der Waals surface area (Å²) in [6.45, 7) is 7.43. The van der Waals surface area contributed by atoms with Gasteiger partial charge < -0.3 is 19.9 Å². The van der Waals surface area contributed by atoms with Gasteiger partial charge in [-0.2, -0.15) is 0 Å². The predicted octanol–water partition coefficient (Wildman–Crippen LogP) is 2.05. The molecule has 0 aromatic heterocycles. The SMILES string of the molecule is CCOC(=O)N1CCC(NC(=O)N2CCCC(C)C2)CC1. The molecule has 2 saturated heterocycles. The van der Waals surface area contributed by atoms with Crippen LogP contribution in [0.1, 0.15) is 39.5 Å². The van der Waals surface area contributed by atoms with Crippen molar-refractivity contribution in [2.45, 2.75) is 45.6 Å². The number of amides is 3. The molecule has 2 aliphatic heterocycles. The summed E-state index contributed by atoms with van der Waals surface area (Å²) in [4.78, 5) is 27.5. The zero-order valence-corrected chi connectivity index (χ0v) is 13.1. The summed E-state index contributed by atoms with van der Waals surface area (Å²) in [6.07, 6.45) is 3.66. The molecule has 1 N–H and O–H groups in total. The second kappa shape index (κ2) is 7.52. The maximum absolute atomic E-state index is 12.2. The van der Waals surface area contributed by atoms with Gasteiger partial charge in [-0.1, -0.05) is 6.92 Å². The van der Waals surface area contributed by atoms with Gasteiger partial charge in [-0.15, -0.1) is 0 Å². The van der Waals surface area contributed by atoms with Gasteiger partial charge in [-0.25, -0.2) is 9.59 Å². The Balaban J connectivity index is 1.73. The first-order chi connectivity index (χ1) is 10.1. The Bertz CT molecular complexity index is 367. The quantitative estimate of drug-likeness (QED) is 0.848. The third kappa shape index (κ3) is 4.51. The van der Waals surface area contributed by atoms with Gasteiger partial charge in [0.1, 0.15) is 0 Å². The number of nitrogens with one attached hydrogen (secondary N) is 1. The molecular formula is C15H27N3O3. The van der Waals surface area contributed by atoms with Gasteiger partial charge >= 0.3 is 12.1 Å². The minimum absolute atomic E-state index is 0.0520. The Morgan fingerprint density at radius 2 is 1.86 bits per heavy atom. The second-order valence-electron chi connectivity index (χ2n) is 6.10. The number of hydrogen-bond donors (Lipinski definition) is 1. The van der Waals surface area contributed by atoms with E-state index in [0.717, 1.165) is 32.4 Å². The predicted molar refractivity (Wildman–Crippen MR) is 80.1 cm³/mol. The fourth-order valence-corrected chi connectivity index (χ4v) is 3.06. The highest BCUT2D eigenvalue weighted by Gasteiger charge is 2.27. The number of likely N-dealkylation sites (tertiary alicyclic amines) is 2. The van der Waals surface area contributed by atoms with Crippen LogP contribution in [0.15, 0.2) is 0 Å². The van der Waals surface area contributed by atoms with E-state index in [-0.39, 0.29) is 18.2 Å². The minimum Gasteiger partial charge on any atom is -0.450 e. The van der Waals surface area contributed by atoms with E-state index < -0.39 is 0 Å². The molecule has 1 unspecified atom stereocenters. The summed E-state index contributed by atoms with van der Waals surface area (Å²) in [6, 6.07) is 0.219. The van der Waals surface area contributed by atoms with Crippen LogP contribution in [0, 0.1) is 5.92 Å². The number of hydrogen-bond acceptors (Lipinski definition) is 3. The van der Waals surface area contributed by atoms with Crippen molar-refractivity contribution >= 4 is 12.1 Å². The van der Waals surface area contributed by atoms with Crippen LogP contribution in [0.2, 0.25) is 0 Å². The number of urea groups is 1. The molecule has 3 amide bonds. The maximum atomic E-state index is 12.2. The van der Waals surface area contributed by atoms with Crippen LogP contribution in [0.5, 0.6) is 0 Å². The number of nitrogens with zero attached hydrogens (tertiary/aromatic N) is 2. The number of ether oxygens (including phenoxy) is 1. The molecule has 2 rings (SSSR count). The molecule has 2 aliphatic rings. The highest BCUT2D eigenvalue weighted by molar-refractivity contribution is 5.74. The number of rotatable bonds is 2. The van der Waals surface area contributed by atoms with Gasteiger partial charge in [0.2, 0.25) is 0 Å². The lowest BCUT2D eigenvalue weighted by atomic mass is 10.0. The van der Waals surface area contributed by atoms with Crippen LogP contribution in [-0.4, -0.2) is 60.8 Å². The van der Waals surface area contributed by atoms with Crippen LogP contribution >= 0.6 is 0 Å². The van der Waals surface area contributed by atoms with E-state index >= 15 is 0 Å².